The zero-order valence-electron chi connectivity index (χ0n) is 11.3. The number of ether oxygens (including phenoxy) is 1. The summed E-state index contributed by atoms with van der Waals surface area (Å²) in [5.41, 5.74) is 0.504. The molecule has 106 valence electrons. The molecule has 21 heavy (non-hydrogen) atoms. The highest BCUT2D eigenvalue weighted by atomic mass is 79.9. The first-order chi connectivity index (χ1) is 10.2. The maximum atomic E-state index is 10.9. The summed E-state index contributed by atoms with van der Waals surface area (Å²) in [7, 11) is 0. The van der Waals surface area contributed by atoms with Gasteiger partial charge in [0.25, 0.3) is 0 Å². The van der Waals surface area contributed by atoms with Gasteiger partial charge in [0.05, 0.1) is 12.7 Å². The van der Waals surface area contributed by atoms with Crippen LogP contribution in [0.1, 0.15) is 23.7 Å². The molecule has 2 unspecified atom stereocenters. The quantitative estimate of drug-likeness (QED) is 0.903. The molecule has 3 nitrogen and oxygen atoms in total. The largest absolute Gasteiger partial charge is 0.493 e. The Labute approximate surface area is 131 Å². The summed E-state index contributed by atoms with van der Waals surface area (Å²) < 4.78 is 6.50. The molecule has 0 fully saturated rings. The Hall–Kier alpha value is -1.83. The molecule has 0 saturated heterocycles. The molecule has 4 heteroatoms. The van der Waals surface area contributed by atoms with Gasteiger partial charge < -0.3 is 9.84 Å². The minimum absolute atomic E-state index is 0.426. The smallest absolute Gasteiger partial charge is 0.124 e. The van der Waals surface area contributed by atoms with Gasteiger partial charge in [0.2, 0.25) is 0 Å². The summed E-state index contributed by atoms with van der Waals surface area (Å²) in [4.78, 5) is 0. The van der Waals surface area contributed by atoms with E-state index in [-0.39, 0.29) is 0 Å². The molecule has 0 radical (unpaired) electrons. The molecule has 0 spiro atoms. The number of aliphatic hydroxyl groups excluding tert-OH is 1. The Kier molecular flexibility index (Phi) is 3.71. The minimum atomic E-state index is -0.977. The molecule has 0 amide bonds. The maximum Gasteiger partial charge on any atom is 0.124 e. The van der Waals surface area contributed by atoms with Gasteiger partial charge in [-0.25, -0.2) is 0 Å². The van der Waals surface area contributed by atoms with Crippen molar-refractivity contribution in [1.82, 2.24) is 0 Å². The van der Waals surface area contributed by atoms with Crippen LogP contribution < -0.4 is 4.74 Å². The molecule has 1 N–H and O–H groups in total. The Balaban J connectivity index is 2.12. The molecule has 0 aromatic heterocycles. The molecule has 2 aromatic carbocycles. The number of rotatable bonds is 2. The third-order valence-electron chi connectivity index (χ3n) is 3.95. The van der Waals surface area contributed by atoms with Gasteiger partial charge >= 0.3 is 0 Å². The molecule has 1 heterocycles. The van der Waals surface area contributed by atoms with Crippen molar-refractivity contribution in [2.24, 2.45) is 0 Å². The summed E-state index contributed by atoms with van der Waals surface area (Å²) in [5, 5.41) is 20.7. The number of hydrogen-bond acceptors (Lipinski definition) is 3. The van der Waals surface area contributed by atoms with Gasteiger partial charge in [0.15, 0.2) is 0 Å². The van der Waals surface area contributed by atoms with E-state index in [1.807, 2.05) is 48.5 Å². The van der Waals surface area contributed by atoms with Crippen molar-refractivity contribution in [2.75, 3.05) is 6.61 Å². The van der Waals surface area contributed by atoms with Crippen molar-refractivity contribution in [2.45, 2.75) is 17.9 Å². The Morgan fingerprint density at radius 2 is 2.05 bits per heavy atom. The molecule has 2 atom stereocenters. The lowest BCUT2D eigenvalue weighted by atomic mass is 9.71. The van der Waals surface area contributed by atoms with Crippen LogP contribution in [0, 0.1) is 11.3 Å². The van der Waals surface area contributed by atoms with Gasteiger partial charge in [-0.05, 0) is 23.8 Å². The number of hydrogen-bond donors (Lipinski definition) is 1. The SMILES string of the molecule is N#CC1(C(O)c2cccc(Br)c2)CCOc2ccccc21. The van der Waals surface area contributed by atoms with Crippen molar-refractivity contribution in [3.8, 4) is 11.8 Å². The highest BCUT2D eigenvalue weighted by Gasteiger charge is 2.45. The van der Waals surface area contributed by atoms with Gasteiger partial charge in [-0.3, -0.25) is 0 Å². The zero-order valence-corrected chi connectivity index (χ0v) is 12.9. The van der Waals surface area contributed by atoms with Crippen LogP contribution in [0.3, 0.4) is 0 Å². The molecule has 2 aromatic rings. The highest BCUT2D eigenvalue weighted by molar-refractivity contribution is 9.10. The fourth-order valence-corrected chi connectivity index (χ4v) is 3.26. The number of aliphatic hydroxyl groups is 1. The van der Waals surface area contributed by atoms with E-state index in [9.17, 15) is 10.4 Å². The number of para-hydroxylation sites is 1. The van der Waals surface area contributed by atoms with Gasteiger partial charge in [0.1, 0.15) is 17.3 Å². The van der Waals surface area contributed by atoms with Crippen LogP contribution >= 0.6 is 15.9 Å². The van der Waals surface area contributed by atoms with Crippen LogP contribution in [-0.4, -0.2) is 11.7 Å². The fourth-order valence-electron chi connectivity index (χ4n) is 2.84. The lowest BCUT2D eigenvalue weighted by Crippen LogP contribution is -2.37. The molecule has 0 saturated carbocycles. The van der Waals surface area contributed by atoms with Crippen molar-refractivity contribution < 1.29 is 9.84 Å². The van der Waals surface area contributed by atoms with E-state index in [0.717, 1.165) is 15.6 Å². The number of halogens is 1. The van der Waals surface area contributed by atoms with Crippen LogP contribution in [0.15, 0.2) is 53.0 Å². The molecule has 1 aliphatic heterocycles. The molecule has 1 aliphatic rings. The zero-order chi connectivity index (χ0) is 14.9. The molecule has 3 rings (SSSR count). The second-order valence-electron chi connectivity index (χ2n) is 5.14. The third-order valence-corrected chi connectivity index (χ3v) is 4.45. The monoisotopic (exact) mass is 343 g/mol. The van der Waals surface area contributed by atoms with Gasteiger partial charge in [0, 0.05) is 16.5 Å². The Morgan fingerprint density at radius 1 is 1.24 bits per heavy atom. The summed E-state index contributed by atoms with van der Waals surface area (Å²) >= 11 is 3.41. The normalized spacial score (nSPS) is 21.8. The molecular formula is C17H14BrNO2. The molecular weight excluding hydrogens is 330 g/mol. The number of fused-ring (bicyclic) bond motifs is 1. The standard InChI is InChI=1S/C17H14BrNO2/c18-13-5-3-4-12(10-13)16(20)17(11-19)8-9-21-15-7-2-1-6-14(15)17/h1-7,10,16,20H,8-9H2. The lowest BCUT2D eigenvalue weighted by molar-refractivity contribution is 0.0806. The highest BCUT2D eigenvalue weighted by Crippen LogP contribution is 2.46. The van der Waals surface area contributed by atoms with E-state index in [0.29, 0.717) is 18.8 Å². The topological polar surface area (TPSA) is 53.2 Å². The molecule has 0 aliphatic carbocycles. The van der Waals surface area contributed by atoms with E-state index in [1.54, 1.807) is 0 Å². The third kappa shape index (κ3) is 2.33. The van der Waals surface area contributed by atoms with Crippen LogP contribution in [0.4, 0.5) is 0 Å². The minimum Gasteiger partial charge on any atom is -0.493 e. The second-order valence-corrected chi connectivity index (χ2v) is 6.05. The number of nitriles is 1. The van der Waals surface area contributed by atoms with Crippen LogP contribution in [0.25, 0.3) is 0 Å². The first kappa shape index (κ1) is 14.1. The Morgan fingerprint density at radius 3 is 2.81 bits per heavy atom. The van der Waals surface area contributed by atoms with E-state index in [4.69, 9.17) is 4.74 Å². The Bertz CT molecular complexity index is 710. The molecule has 0 bridgehead atoms. The average molecular weight is 344 g/mol. The van der Waals surface area contributed by atoms with Crippen molar-refractivity contribution in [1.29, 1.82) is 5.26 Å². The van der Waals surface area contributed by atoms with Gasteiger partial charge in [-0.1, -0.05) is 46.3 Å². The average Bonchev–Trinajstić information content (AvgIpc) is 2.53. The summed E-state index contributed by atoms with van der Waals surface area (Å²) in [6.07, 6.45) is -0.432. The van der Waals surface area contributed by atoms with Crippen LogP contribution in [0.2, 0.25) is 0 Å². The first-order valence-electron chi connectivity index (χ1n) is 6.74. The van der Waals surface area contributed by atoms with E-state index in [2.05, 4.69) is 22.0 Å². The number of benzene rings is 2. The fraction of sp³-hybridized carbons (Fsp3) is 0.235. The number of nitrogens with zero attached hydrogens (tertiary/aromatic N) is 1. The van der Waals surface area contributed by atoms with E-state index in [1.165, 1.54) is 0 Å². The predicted molar refractivity (Wildman–Crippen MR) is 82.9 cm³/mol. The van der Waals surface area contributed by atoms with Crippen LogP contribution in [0.5, 0.6) is 5.75 Å². The maximum absolute atomic E-state index is 10.9. The summed E-state index contributed by atoms with van der Waals surface area (Å²) in [6.45, 7) is 0.426. The van der Waals surface area contributed by atoms with E-state index < -0.39 is 11.5 Å². The van der Waals surface area contributed by atoms with Crippen molar-refractivity contribution in [3.05, 3.63) is 64.1 Å². The van der Waals surface area contributed by atoms with Gasteiger partial charge in [-0.2, -0.15) is 5.26 Å². The van der Waals surface area contributed by atoms with E-state index >= 15 is 0 Å². The van der Waals surface area contributed by atoms with Gasteiger partial charge in [-0.15, -0.1) is 0 Å². The lowest BCUT2D eigenvalue weighted by Gasteiger charge is -2.37. The van der Waals surface area contributed by atoms with Crippen molar-refractivity contribution >= 4 is 15.9 Å². The predicted octanol–water partition coefficient (Wildman–Crippen LogP) is 3.73. The summed E-state index contributed by atoms with van der Waals surface area (Å²) in [6, 6.07) is 17.2. The summed E-state index contributed by atoms with van der Waals surface area (Å²) in [5.74, 6) is 0.680. The van der Waals surface area contributed by atoms with Crippen molar-refractivity contribution in [3.63, 3.8) is 0 Å². The van der Waals surface area contributed by atoms with Crippen LogP contribution in [-0.2, 0) is 5.41 Å². The first-order valence-corrected chi connectivity index (χ1v) is 7.54. The second kappa shape index (κ2) is 5.51.